The van der Waals surface area contributed by atoms with Crippen LogP contribution in [0.15, 0.2) is 11.0 Å². The zero-order valence-corrected chi connectivity index (χ0v) is 12.3. The lowest BCUT2D eigenvalue weighted by Crippen LogP contribution is -2.37. The highest BCUT2D eigenvalue weighted by molar-refractivity contribution is 5.83. The highest BCUT2D eigenvalue weighted by atomic mass is 19.1. The fourth-order valence-corrected chi connectivity index (χ4v) is 2.05. The Kier molecular flexibility index (Phi) is 5.32. The maximum Gasteiger partial charge on any atom is 0.413 e. The first-order chi connectivity index (χ1) is 11.8. The van der Waals surface area contributed by atoms with Crippen molar-refractivity contribution in [3.05, 3.63) is 22.5 Å². The molecule has 1 amide bonds. The van der Waals surface area contributed by atoms with Gasteiger partial charge >= 0.3 is 17.8 Å². The number of aliphatic hydroxyl groups is 2. The SMILES string of the molecule is C#CCOC(=O)Nc1nc(=O)n(C2OC(C(=O)O)C(O)C2O)cc1F. The lowest BCUT2D eigenvalue weighted by molar-refractivity contribution is -0.155. The number of rotatable bonds is 4. The molecule has 0 saturated carbocycles. The Balaban J connectivity index is 2.26. The monoisotopic (exact) mass is 357 g/mol. The molecule has 0 aromatic carbocycles. The highest BCUT2D eigenvalue weighted by Gasteiger charge is 2.48. The average molecular weight is 357 g/mol. The first-order valence-corrected chi connectivity index (χ1v) is 6.66. The number of terminal acetylenes is 1. The number of aromatic nitrogens is 2. The second kappa shape index (κ2) is 7.26. The summed E-state index contributed by atoms with van der Waals surface area (Å²) in [4.78, 5) is 37.4. The van der Waals surface area contributed by atoms with Crippen LogP contribution in [0.5, 0.6) is 0 Å². The maximum atomic E-state index is 14.0. The summed E-state index contributed by atoms with van der Waals surface area (Å²) in [6.07, 6.45) is -2.91. The molecular formula is C13H12FN3O8. The molecule has 0 aliphatic carbocycles. The van der Waals surface area contributed by atoms with E-state index in [4.69, 9.17) is 16.3 Å². The third-order valence-electron chi connectivity index (χ3n) is 3.17. The predicted octanol–water partition coefficient (Wildman–Crippen LogP) is -1.73. The molecule has 12 heteroatoms. The topological polar surface area (TPSA) is 160 Å². The van der Waals surface area contributed by atoms with Gasteiger partial charge in [-0.15, -0.1) is 6.42 Å². The number of aliphatic carboxylic acids is 1. The van der Waals surface area contributed by atoms with Crippen LogP contribution in [0.25, 0.3) is 0 Å². The Labute approximate surface area is 138 Å². The molecule has 11 nitrogen and oxygen atoms in total. The number of carbonyl (C=O) groups excluding carboxylic acids is 1. The molecule has 4 unspecified atom stereocenters. The summed E-state index contributed by atoms with van der Waals surface area (Å²) in [5.74, 6) is -1.56. The highest BCUT2D eigenvalue weighted by Crippen LogP contribution is 2.28. The Bertz CT molecular complexity index is 788. The Morgan fingerprint density at radius 2 is 2.16 bits per heavy atom. The van der Waals surface area contributed by atoms with E-state index in [0.29, 0.717) is 10.8 Å². The van der Waals surface area contributed by atoms with Gasteiger partial charge in [-0.05, 0) is 0 Å². The van der Waals surface area contributed by atoms with Crippen molar-refractivity contribution in [1.82, 2.24) is 9.55 Å². The van der Waals surface area contributed by atoms with Crippen LogP contribution >= 0.6 is 0 Å². The molecule has 25 heavy (non-hydrogen) atoms. The predicted molar refractivity (Wildman–Crippen MR) is 75.8 cm³/mol. The van der Waals surface area contributed by atoms with E-state index in [9.17, 15) is 29.0 Å². The molecule has 2 heterocycles. The lowest BCUT2D eigenvalue weighted by Gasteiger charge is -2.17. The average Bonchev–Trinajstić information content (AvgIpc) is 2.84. The number of nitrogens with zero attached hydrogens (tertiary/aromatic N) is 2. The number of carboxylic acids is 1. The summed E-state index contributed by atoms with van der Waals surface area (Å²) in [5.41, 5.74) is -1.18. The summed E-state index contributed by atoms with van der Waals surface area (Å²) < 4.78 is 23.7. The maximum absolute atomic E-state index is 14.0. The summed E-state index contributed by atoms with van der Waals surface area (Å²) in [5, 5.41) is 30.1. The van der Waals surface area contributed by atoms with Crippen LogP contribution in [0.2, 0.25) is 0 Å². The lowest BCUT2D eigenvalue weighted by atomic mass is 10.1. The minimum atomic E-state index is -1.84. The third-order valence-corrected chi connectivity index (χ3v) is 3.17. The van der Waals surface area contributed by atoms with Gasteiger partial charge in [0.2, 0.25) is 0 Å². The van der Waals surface area contributed by atoms with Gasteiger partial charge in [0.1, 0.15) is 12.2 Å². The minimum Gasteiger partial charge on any atom is -0.479 e. The van der Waals surface area contributed by atoms with Crippen molar-refractivity contribution in [3.63, 3.8) is 0 Å². The van der Waals surface area contributed by atoms with Crippen molar-refractivity contribution in [2.75, 3.05) is 11.9 Å². The number of anilines is 1. The van der Waals surface area contributed by atoms with E-state index >= 15 is 0 Å². The standard InChI is InChI=1S/C13H12FN3O8/c1-2-3-24-13(23)16-9-5(14)4-17(12(22)15-9)10-7(19)6(18)8(25-10)11(20)21/h1,4,6-8,10,18-19H,3H2,(H,20,21)(H,15,16,22,23). The molecule has 134 valence electrons. The number of halogens is 1. The number of nitrogens with one attached hydrogen (secondary N) is 1. The molecule has 1 aromatic heterocycles. The fraction of sp³-hybridized carbons (Fsp3) is 0.385. The van der Waals surface area contributed by atoms with Crippen LogP contribution in [0.3, 0.4) is 0 Å². The van der Waals surface area contributed by atoms with Gasteiger partial charge in [0.15, 0.2) is 30.6 Å². The van der Waals surface area contributed by atoms with Gasteiger partial charge in [-0.1, -0.05) is 5.92 Å². The summed E-state index contributed by atoms with van der Waals surface area (Å²) in [7, 11) is 0. The van der Waals surface area contributed by atoms with Gasteiger partial charge < -0.3 is 24.8 Å². The number of carboxylic acid groups (broad SMARTS) is 1. The Morgan fingerprint density at radius 1 is 1.48 bits per heavy atom. The van der Waals surface area contributed by atoms with Gasteiger partial charge in [0.25, 0.3) is 0 Å². The molecule has 1 aliphatic rings. The summed E-state index contributed by atoms with van der Waals surface area (Å²) in [6, 6.07) is 0. The molecule has 4 atom stereocenters. The van der Waals surface area contributed by atoms with Crippen LogP contribution in [-0.2, 0) is 14.3 Å². The van der Waals surface area contributed by atoms with Gasteiger partial charge in [-0.3, -0.25) is 9.88 Å². The van der Waals surface area contributed by atoms with E-state index in [1.54, 1.807) is 0 Å². The van der Waals surface area contributed by atoms with E-state index in [0.717, 1.165) is 0 Å². The zero-order valence-electron chi connectivity index (χ0n) is 12.3. The molecule has 2 rings (SSSR count). The molecule has 1 aliphatic heterocycles. The van der Waals surface area contributed by atoms with Crippen molar-refractivity contribution in [3.8, 4) is 12.3 Å². The van der Waals surface area contributed by atoms with Gasteiger partial charge in [0, 0.05) is 0 Å². The molecule has 4 N–H and O–H groups in total. The molecule has 1 aromatic rings. The number of carbonyl (C=O) groups is 2. The van der Waals surface area contributed by atoms with Crippen LogP contribution in [0.4, 0.5) is 15.0 Å². The molecular weight excluding hydrogens is 345 g/mol. The van der Waals surface area contributed by atoms with Crippen LogP contribution in [-0.4, -0.2) is 61.9 Å². The first-order valence-electron chi connectivity index (χ1n) is 6.66. The van der Waals surface area contributed by atoms with Crippen molar-refractivity contribution in [2.24, 2.45) is 0 Å². The number of aliphatic hydroxyl groups excluding tert-OH is 2. The van der Waals surface area contributed by atoms with Crippen molar-refractivity contribution < 1.29 is 38.8 Å². The van der Waals surface area contributed by atoms with Crippen molar-refractivity contribution in [2.45, 2.75) is 24.5 Å². The van der Waals surface area contributed by atoms with E-state index in [1.807, 2.05) is 11.2 Å². The van der Waals surface area contributed by atoms with Gasteiger partial charge in [0.05, 0.1) is 6.20 Å². The number of hydrogen-bond acceptors (Lipinski definition) is 8. The van der Waals surface area contributed by atoms with Crippen LogP contribution in [0, 0.1) is 18.2 Å². The largest absolute Gasteiger partial charge is 0.479 e. The number of ether oxygens (including phenoxy) is 2. The molecule has 0 spiro atoms. The fourth-order valence-electron chi connectivity index (χ4n) is 2.05. The van der Waals surface area contributed by atoms with E-state index in [2.05, 4.69) is 9.72 Å². The second-order valence-corrected chi connectivity index (χ2v) is 4.80. The van der Waals surface area contributed by atoms with Crippen LogP contribution < -0.4 is 11.0 Å². The Morgan fingerprint density at radius 3 is 2.72 bits per heavy atom. The molecule has 0 radical (unpaired) electrons. The summed E-state index contributed by atoms with van der Waals surface area (Å²) in [6.45, 7) is -0.388. The van der Waals surface area contributed by atoms with Crippen molar-refractivity contribution in [1.29, 1.82) is 0 Å². The molecule has 1 saturated heterocycles. The Hall–Kier alpha value is -3.01. The quantitative estimate of drug-likeness (QED) is 0.459. The van der Waals surface area contributed by atoms with Crippen LogP contribution in [0.1, 0.15) is 6.23 Å². The van der Waals surface area contributed by atoms with Gasteiger partial charge in [-0.25, -0.2) is 18.8 Å². The van der Waals surface area contributed by atoms with E-state index in [1.165, 1.54) is 0 Å². The molecule has 0 bridgehead atoms. The van der Waals surface area contributed by atoms with E-state index in [-0.39, 0.29) is 6.61 Å². The van der Waals surface area contributed by atoms with E-state index < -0.39 is 53.9 Å². The minimum absolute atomic E-state index is 0.388. The smallest absolute Gasteiger partial charge is 0.413 e. The number of amides is 1. The van der Waals surface area contributed by atoms with Gasteiger partial charge in [-0.2, -0.15) is 4.98 Å². The normalized spacial score (nSPS) is 25.2. The third kappa shape index (κ3) is 3.74. The second-order valence-electron chi connectivity index (χ2n) is 4.80. The first kappa shape index (κ1) is 18.3. The zero-order chi connectivity index (χ0) is 18.7. The van der Waals surface area contributed by atoms with Crippen molar-refractivity contribution >= 4 is 17.9 Å². The number of hydrogen-bond donors (Lipinski definition) is 4. The molecule has 1 fully saturated rings. The summed E-state index contributed by atoms with van der Waals surface area (Å²) >= 11 is 0.